The van der Waals surface area contributed by atoms with E-state index in [1.807, 2.05) is 0 Å². The number of hydrogen-bond acceptors (Lipinski definition) is 3. The fraction of sp³-hybridized carbons (Fsp3) is 0.125. The first kappa shape index (κ1) is 14.7. The molecule has 1 heterocycles. The van der Waals surface area contributed by atoms with Crippen LogP contribution in [0.15, 0.2) is 42.6 Å². The molecule has 4 nitrogen and oxygen atoms in total. The molecule has 5 heteroatoms. The van der Waals surface area contributed by atoms with Crippen LogP contribution in [0.2, 0.25) is 0 Å². The number of rotatable bonds is 2. The predicted octanol–water partition coefficient (Wildman–Crippen LogP) is 1.81. The van der Waals surface area contributed by atoms with Gasteiger partial charge in [0.25, 0.3) is 5.91 Å². The lowest BCUT2D eigenvalue weighted by Gasteiger charge is -2.18. The smallest absolute Gasteiger partial charge is 0.277 e. The third kappa shape index (κ3) is 3.25. The third-order valence-electron chi connectivity index (χ3n) is 2.85. The molecule has 0 radical (unpaired) electrons. The Morgan fingerprint density at radius 1 is 1.33 bits per heavy atom. The summed E-state index contributed by atoms with van der Waals surface area (Å²) in [5.74, 6) is 4.58. The van der Waals surface area contributed by atoms with E-state index in [9.17, 15) is 9.18 Å². The van der Waals surface area contributed by atoms with E-state index in [4.69, 9.17) is 5.73 Å². The van der Waals surface area contributed by atoms with Crippen molar-refractivity contribution >= 4 is 11.6 Å². The summed E-state index contributed by atoms with van der Waals surface area (Å²) in [6.07, 6.45) is 1.50. The van der Waals surface area contributed by atoms with Crippen molar-refractivity contribution in [1.82, 2.24) is 4.98 Å². The number of carbonyl (C=O) groups is 1. The molecule has 2 rings (SSSR count). The number of hydrogen-bond donors (Lipinski definition) is 1. The molecule has 0 fully saturated rings. The first-order valence-electron chi connectivity index (χ1n) is 6.31. The summed E-state index contributed by atoms with van der Waals surface area (Å²) >= 11 is 0. The van der Waals surface area contributed by atoms with Gasteiger partial charge in [-0.15, -0.1) is 0 Å². The Balaban J connectivity index is 2.39. The van der Waals surface area contributed by atoms with Gasteiger partial charge in [0, 0.05) is 13.2 Å². The average Bonchev–Trinajstić information content (AvgIpc) is 2.52. The van der Waals surface area contributed by atoms with Crippen molar-refractivity contribution in [2.45, 2.75) is 0 Å². The summed E-state index contributed by atoms with van der Waals surface area (Å²) in [5.41, 5.74) is 6.16. The summed E-state index contributed by atoms with van der Waals surface area (Å²) in [5, 5.41) is 0. The van der Waals surface area contributed by atoms with E-state index in [1.54, 1.807) is 24.3 Å². The van der Waals surface area contributed by atoms with Gasteiger partial charge < -0.3 is 10.6 Å². The number of pyridine rings is 1. The SMILES string of the molecule is CN(C(=O)c1ncccc1C#CCN)c1ccccc1F. The maximum Gasteiger partial charge on any atom is 0.277 e. The highest BCUT2D eigenvalue weighted by Gasteiger charge is 2.19. The monoisotopic (exact) mass is 283 g/mol. The Bertz CT molecular complexity index is 719. The predicted molar refractivity (Wildman–Crippen MR) is 79.3 cm³/mol. The quantitative estimate of drug-likeness (QED) is 0.855. The van der Waals surface area contributed by atoms with Crippen LogP contribution >= 0.6 is 0 Å². The van der Waals surface area contributed by atoms with E-state index < -0.39 is 11.7 Å². The molecule has 0 aliphatic carbocycles. The molecule has 0 aliphatic heterocycles. The van der Waals surface area contributed by atoms with Gasteiger partial charge in [0.05, 0.1) is 17.8 Å². The summed E-state index contributed by atoms with van der Waals surface area (Å²) in [6, 6.07) is 9.42. The van der Waals surface area contributed by atoms with Gasteiger partial charge in [0.15, 0.2) is 0 Å². The highest BCUT2D eigenvalue weighted by molar-refractivity contribution is 6.06. The van der Waals surface area contributed by atoms with Crippen molar-refractivity contribution < 1.29 is 9.18 Å². The Kier molecular flexibility index (Phi) is 4.64. The number of nitrogens with two attached hydrogens (primary N) is 1. The second-order valence-corrected chi connectivity index (χ2v) is 4.22. The normalized spacial score (nSPS) is 9.67. The molecule has 1 amide bonds. The molecule has 0 aliphatic rings. The topological polar surface area (TPSA) is 59.2 Å². The van der Waals surface area contributed by atoms with E-state index in [-0.39, 0.29) is 17.9 Å². The van der Waals surface area contributed by atoms with Crippen LogP contribution < -0.4 is 10.6 Å². The zero-order chi connectivity index (χ0) is 15.2. The van der Waals surface area contributed by atoms with Crippen molar-refractivity contribution in [3.63, 3.8) is 0 Å². The Hall–Kier alpha value is -2.71. The van der Waals surface area contributed by atoms with Gasteiger partial charge in [-0.05, 0) is 24.3 Å². The van der Waals surface area contributed by atoms with Gasteiger partial charge in [-0.25, -0.2) is 9.37 Å². The fourth-order valence-electron chi connectivity index (χ4n) is 1.81. The van der Waals surface area contributed by atoms with Crippen molar-refractivity contribution in [1.29, 1.82) is 0 Å². The molecular formula is C16H14FN3O. The molecule has 0 bridgehead atoms. The summed E-state index contributed by atoms with van der Waals surface area (Å²) in [6.45, 7) is 0.186. The number of benzene rings is 1. The molecule has 0 saturated carbocycles. The maximum atomic E-state index is 13.8. The van der Waals surface area contributed by atoms with E-state index in [1.165, 1.54) is 30.3 Å². The number of halogens is 1. The van der Waals surface area contributed by atoms with E-state index in [2.05, 4.69) is 16.8 Å². The van der Waals surface area contributed by atoms with Crippen molar-refractivity contribution in [2.24, 2.45) is 5.73 Å². The van der Waals surface area contributed by atoms with Crippen LogP contribution in [0.3, 0.4) is 0 Å². The number of nitrogens with zero attached hydrogens (tertiary/aromatic N) is 2. The van der Waals surface area contributed by atoms with Crippen molar-refractivity contribution in [2.75, 3.05) is 18.5 Å². The zero-order valence-corrected chi connectivity index (χ0v) is 11.5. The van der Waals surface area contributed by atoms with Gasteiger partial charge in [-0.1, -0.05) is 24.0 Å². The highest BCUT2D eigenvalue weighted by Crippen LogP contribution is 2.19. The van der Waals surface area contributed by atoms with Crippen LogP contribution in [-0.2, 0) is 0 Å². The number of amides is 1. The summed E-state index contributed by atoms with van der Waals surface area (Å²) in [7, 11) is 1.50. The van der Waals surface area contributed by atoms with Crippen LogP contribution in [-0.4, -0.2) is 24.5 Å². The lowest BCUT2D eigenvalue weighted by atomic mass is 10.1. The highest BCUT2D eigenvalue weighted by atomic mass is 19.1. The van der Waals surface area contributed by atoms with Gasteiger partial charge >= 0.3 is 0 Å². The average molecular weight is 283 g/mol. The van der Waals surface area contributed by atoms with Crippen molar-refractivity contribution in [3.05, 3.63) is 59.7 Å². The summed E-state index contributed by atoms with van der Waals surface area (Å²) < 4.78 is 13.8. The lowest BCUT2D eigenvalue weighted by Crippen LogP contribution is -2.28. The van der Waals surface area contributed by atoms with Crippen LogP contribution in [0.4, 0.5) is 10.1 Å². The Morgan fingerprint density at radius 3 is 2.81 bits per heavy atom. The molecular weight excluding hydrogens is 269 g/mol. The van der Waals surface area contributed by atoms with E-state index in [0.29, 0.717) is 5.56 Å². The number of anilines is 1. The van der Waals surface area contributed by atoms with E-state index in [0.717, 1.165) is 0 Å². The zero-order valence-electron chi connectivity index (χ0n) is 11.5. The van der Waals surface area contributed by atoms with Gasteiger partial charge in [-0.2, -0.15) is 0 Å². The van der Waals surface area contributed by atoms with E-state index >= 15 is 0 Å². The Morgan fingerprint density at radius 2 is 2.10 bits per heavy atom. The lowest BCUT2D eigenvalue weighted by molar-refractivity contribution is 0.0987. The third-order valence-corrected chi connectivity index (χ3v) is 2.85. The van der Waals surface area contributed by atoms with Crippen molar-refractivity contribution in [3.8, 4) is 11.8 Å². The van der Waals surface area contributed by atoms with Gasteiger partial charge in [0.1, 0.15) is 11.5 Å². The molecule has 0 spiro atoms. The molecule has 2 N–H and O–H groups in total. The number of carbonyl (C=O) groups excluding carboxylic acids is 1. The molecule has 0 saturated heterocycles. The molecule has 0 unspecified atom stereocenters. The molecule has 1 aromatic heterocycles. The molecule has 21 heavy (non-hydrogen) atoms. The second kappa shape index (κ2) is 6.64. The minimum absolute atomic E-state index is 0.171. The Labute approximate surface area is 122 Å². The van der Waals surface area contributed by atoms with Crippen LogP contribution in [0.1, 0.15) is 16.1 Å². The minimum Gasteiger partial charge on any atom is -0.320 e. The summed E-state index contributed by atoms with van der Waals surface area (Å²) in [4.78, 5) is 17.7. The second-order valence-electron chi connectivity index (χ2n) is 4.22. The fourth-order valence-corrected chi connectivity index (χ4v) is 1.81. The number of aromatic nitrogens is 1. The van der Waals surface area contributed by atoms with Crippen LogP contribution in [0.5, 0.6) is 0 Å². The molecule has 1 aromatic carbocycles. The first-order valence-corrected chi connectivity index (χ1v) is 6.31. The molecule has 106 valence electrons. The van der Waals surface area contributed by atoms with Gasteiger partial charge in [-0.3, -0.25) is 4.79 Å². The maximum absolute atomic E-state index is 13.8. The minimum atomic E-state index is -0.473. The standard InChI is InChI=1S/C16H14FN3O/c1-20(14-9-3-2-8-13(14)17)16(21)15-12(6-4-10-18)7-5-11-19-15/h2-3,5,7-9,11H,10,18H2,1H3. The van der Waals surface area contributed by atoms with Crippen LogP contribution in [0, 0.1) is 17.7 Å². The molecule has 0 atom stereocenters. The van der Waals surface area contributed by atoms with Gasteiger partial charge in [0.2, 0.25) is 0 Å². The first-order chi connectivity index (χ1) is 10.1. The number of para-hydroxylation sites is 1. The van der Waals surface area contributed by atoms with Crippen LogP contribution in [0.25, 0.3) is 0 Å². The molecule has 2 aromatic rings. The largest absolute Gasteiger partial charge is 0.320 e.